The van der Waals surface area contributed by atoms with E-state index < -0.39 is 36.3 Å². The van der Waals surface area contributed by atoms with Gasteiger partial charge in [-0.15, -0.1) is 11.3 Å². The molecule has 0 radical (unpaired) electrons. The number of methoxy groups -OCH3 is 1. The molecule has 0 bridgehead atoms. The van der Waals surface area contributed by atoms with Crippen LogP contribution in [0, 0.1) is 17.8 Å². The molecule has 6 atom stereocenters. The lowest BCUT2D eigenvalue weighted by Gasteiger charge is -2.40. The Morgan fingerprint density at radius 3 is 2.08 bits per heavy atom. The maximum atomic E-state index is 14.0. The minimum absolute atomic E-state index is 0.0243. The Morgan fingerprint density at radius 2 is 1.56 bits per heavy atom. The number of ether oxygens (including phenoxy) is 1. The van der Waals surface area contributed by atoms with E-state index in [0.717, 1.165) is 0 Å². The standard InChI is InChI=1S/C34H57N7O6S/c1-20(2)27(36-31(44)29(22(5)6)38(7)8)33(46)39(9)28(21(3)4)25(47-10)19-26(42)40-16-12-14-24(40)32(45)41-17-11-13-23(41)30(43)37-34-35-15-18-48-34/h15,18,20-25,27-29H,11-14,16-17,19H2,1-10H3,(H,36,44)(H,35,37,43)/t23-,24-,25+,27-,28-,29-/m0/s1. The Morgan fingerprint density at radius 1 is 0.938 bits per heavy atom. The third-order valence-electron chi connectivity index (χ3n) is 9.58. The van der Waals surface area contributed by atoms with Crippen LogP contribution in [0.25, 0.3) is 0 Å². The summed E-state index contributed by atoms with van der Waals surface area (Å²) in [5.41, 5.74) is 0. The van der Waals surface area contributed by atoms with Crippen molar-refractivity contribution in [3.05, 3.63) is 11.6 Å². The van der Waals surface area contributed by atoms with Crippen molar-refractivity contribution >= 4 is 46.0 Å². The molecule has 0 aliphatic carbocycles. The summed E-state index contributed by atoms with van der Waals surface area (Å²) in [6.45, 7) is 12.6. The second-order valence-electron chi connectivity index (χ2n) is 14.3. The van der Waals surface area contributed by atoms with Crippen LogP contribution in [0.1, 0.15) is 73.6 Å². The van der Waals surface area contributed by atoms with E-state index in [4.69, 9.17) is 4.74 Å². The van der Waals surface area contributed by atoms with E-state index in [1.807, 2.05) is 60.5 Å². The summed E-state index contributed by atoms with van der Waals surface area (Å²) in [5.74, 6) is -1.38. The van der Waals surface area contributed by atoms with Gasteiger partial charge in [0.25, 0.3) is 0 Å². The monoisotopic (exact) mass is 691 g/mol. The van der Waals surface area contributed by atoms with Crippen LogP contribution in [0.2, 0.25) is 0 Å². The van der Waals surface area contributed by atoms with Crippen LogP contribution in [0.15, 0.2) is 11.6 Å². The first-order valence-electron chi connectivity index (χ1n) is 17.2. The molecule has 3 heterocycles. The van der Waals surface area contributed by atoms with Gasteiger partial charge in [0.2, 0.25) is 29.5 Å². The molecule has 2 N–H and O–H groups in total. The van der Waals surface area contributed by atoms with E-state index in [0.29, 0.717) is 43.9 Å². The number of nitrogens with one attached hydrogen (secondary N) is 2. The first-order chi connectivity index (χ1) is 22.6. The van der Waals surface area contributed by atoms with Crippen LogP contribution in [0.3, 0.4) is 0 Å². The summed E-state index contributed by atoms with van der Waals surface area (Å²) in [6.07, 6.45) is 3.39. The highest BCUT2D eigenvalue weighted by atomic mass is 32.1. The van der Waals surface area contributed by atoms with E-state index in [-0.39, 0.29) is 53.7 Å². The van der Waals surface area contributed by atoms with Crippen molar-refractivity contribution < 1.29 is 28.7 Å². The Labute approximate surface area is 290 Å². The molecule has 2 fully saturated rings. The van der Waals surface area contributed by atoms with Crippen molar-refractivity contribution in [3.63, 3.8) is 0 Å². The van der Waals surface area contributed by atoms with E-state index in [1.54, 1.807) is 33.3 Å². The molecule has 3 rings (SSSR count). The third-order valence-corrected chi connectivity index (χ3v) is 10.3. The minimum Gasteiger partial charge on any atom is -0.379 e. The lowest BCUT2D eigenvalue weighted by Crippen LogP contribution is -2.59. The molecular weight excluding hydrogens is 634 g/mol. The lowest BCUT2D eigenvalue weighted by molar-refractivity contribution is -0.149. The number of likely N-dealkylation sites (N-methyl/N-ethyl adjacent to an activating group) is 2. The average Bonchev–Trinajstić information content (AvgIpc) is 3.80. The molecule has 0 spiro atoms. The molecule has 48 heavy (non-hydrogen) atoms. The Bertz CT molecular complexity index is 1250. The third kappa shape index (κ3) is 9.32. The van der Waals surface area contributed by atoms with Crippen LogP contribution < -0.4 is 10.6 Å². The molecule has 2 aliphatic rings. The molecule has 1 aromatic heterocycles. The maximum absolute atomic E-state index is 14.0. The molecule has 0 unspecified atom stereocenters. The highest BCUT2D eigenvalue weighted by Crippen LogP contribution is 2.28. The quantitative estimate of drug-likeness (QED) is 0.286. The van der Waals surface area contributed by atoms with Crippen molar-refractivity contribution in [2.45, 2.75) is 110 Å². The fourth-order valence-corrected chi connectivity index (χ4v) is 7.83. The van der Waals surface area contributed by atoms with Gasteiger partial charge in [0.1, 0.15) is 18.1 Å². The number of hydrogen-bond acceptors (Lipinski definition) is 9. The molecule has 1 aromatic rings. The number of carbonyl (C=O) groups excluding carboxylic acids is 5. The van der Waals surface area contributed by atoms with Gasteiger partial charge in [0, 0.05) is 38.8 Å². The molecule has 2 saturated heterocycles. The summed E-state index contributed by atoms with van der Waals surface area (Å²) in [4.78, 5) is 78.9. The first kappa shape index (κ1) is 39.3. The number of aromatic nitrogens is 1. The number of likely N-dealkylation sites (tertiary alicyclic amines) is 2. The molecule has 14 heteroatoms. The smallest absolute Gasteiger partial charge is 0.248 e. The highest BCUT2D eigenvalue weighted by molar-refractivity contribution is 7.13. The summed E-state index contributed by atoms with van der Waals surface area (Å²) in [7, 11) is 6.92. The number of amides is 5. The van der Waals surface area contributed by atoms with Gasteiger partial charge in [-0.3, -0.25) is 28.9 Å². The molecule has 270 valence electrons. The number of carbonyl (C=O) groups is 5. The normalized spacial score (nSPS) is 20.7. The largest absolute Gasteiger partial charge is 0.379 e. The summed E-state index contributed by atoms with van der Waals surface area (Å²) < 4.78 is 5.90. The molecular formula is C34H57N7O6S. The highest BCUT2D eigenvalue weighted by Gasteiger charge is 2.44. The Hall–Kier alpha value is -3.10. The van der Waals surface area contributed by atoms with Crippen LogP contribution in [-0.4, -0.2) is 132 Å². The predicted molar refractivity (Wildman–Crippen MR) is 186 cm³/mol. The van der Waals surface area contributed by atoms with Gasteiger partial charge in [-0.1, -0.05) is 41.5 Å². The van der Waals surface area contributed by atoms with Crippen molar-refractivity contribution in [2.75, 3.05) is 46.7 Å². The van der Waals surface area contributed by atoms with Gasteiger partial charge in [0.05, 0.1) is 24.6 Å². The fourth-order valence-electron chi connectivity index (χ4n) is 7.30. The molecule has 5 amide bonds. The van der Waals surface area contributed by atoms with E-state index >= 15 is 0 Å². The minimum atomic E-state index is -0.764. The second-order valence-corrected chi connectivity index (χ2v) is 15.2. The van der Waals surface area contributed by atoms with Gasteiger partial charge in [-0.05, 0) is 57.5 Å². The van der Waals surface area contributed by atoms with Gasteiger partial charge in [-0.25, -0.2) is 4.98 Å². The average molecular weight is 692 g/mol. The van der Waals surface area contributed by atoms with Crippen molar-refractivity contribution in [1.29, 1.82) is 0 Å². The fraction of sp³-hybridized carbons (Fsp3) is 0.765. The van der Waals surface area contributed by atoms with Crippen molar-refractivity contribution in [1.82, 2.24) is 29.9 Å². The summed E-state index contributed by atoms with van der Waals surface area (Å²) in [6, 6.07) is -2.91. The number of anilines is 1. The van der Waals surface area contributed by atoms with Crippen LogP contribution in [0.4, 0.5) is 5.13 Å². The van der Waals surface area contributed by atoms with Crippen LogP contribution >= 0.6 is 11.3 Å². The van der Waals surface area contributed by atoms with Gasteiger partial charge in [-0.2, -0.15) is 0 Å². The number of rotatable bonds is 15. The van der Waals surface area contributed by atoms with E-state index in [9.17, 15) is 24.0 Å². The zero-order valence-corrected chi connectivity index (χ0v) is 31.2. The molecule has 13 nitrogen and oxygen atoms in total. The van der Waals surface area contributed by atoms with Crippen molar-refractivity contribution in [2.24, 2.45) is 17.8 Å². The van der Waals surface area contributed by atoms with Gasteiger partial charge in [0.15, 0.2) is 5.13 Å². The van der Waals surface area contributed by atoms with Gasteiger partial charge < -0.3 is 30.1 Å². The number of hydrogen-bond donors (Lipinski definition) is 2. The number of thiazole rings is 1. The SMILES string of the molecule is CO[C@H](CC(=O)N1CCC[C@H]1C(=O)N1CCC[C@H]1C(=O)Nc1nccs1)[C@H](C(C)C)N(C)C(=O)[C@@H](NC(=O)[C@H](C(C)C)N(C)C)C(C)C. The second kappa shape index (κ2) is 17.5. The lowest BCUT2D eigenvalue weighted by atomic mass is 9.92. The van der Waals surface area contributed by atoms with Crippen LogP contribution in [-0.2, 0) is 28.7 Å². The summed E-state index contributed by atoms with van der Waals surface area (Å²) >= 11 is 1.32. The number of nitrogens with zero attached hydrogens (tertiary/aromatic N) is 5. The zero-order valence-electron chi connectivity index (χ0n) is 30.4. The van der Waals surface area contributed by atoms with E-state index in [1.165, 1.54) is 18.4 Å². The van der Waals surface area contributed by atoms with Crippen LogP contribution in [0.5, 0.6) is 0 Å². The Kier molecular flexibility index (Phi) is 14.4. The summed E-state index contributed by atoms with van der Waals surface area (Å²) in [5, 5.41) is 8.07. The molecule has 0 aromatic carbocycles. The Balaban J connectivity index is 1.73. The first-order valence-corrected chi connectivity index (χ1v) is 18.0. The molecule has 0 saturated carbocycles. The zero-order chi connectivity index (χ0) is 35.9. The predicted octanol–water partition coefficient (Wildman–Crippen LogP) is 2.68. The van der Waals surface area contributed by atoms with E-state index in [2.05, 4.69) is 15.6 Å². The topological polar surface area (TPSA) is 144 Å². The molecule has 2 aliphatic heterocycles. The van der Waals surface area contributed by atoms with Gasteiger partial charge >= 0.3 is 0 Å². The maximum Gasteiger partial charge on any atom is 0.248 e. The van der Waals surface area contributed by atoms with Crippen molar-refractivity contribution in [3.8, 4) is 0 Å².